The van der Waals surface area contributed by atoms with Crippen LogP contribution in [-0.2, 0) is 28.6 Å². The highest BCUT2D eigenvalue weighted by molar-refractivity contribution is 6.05. The van der Waals surface area contributed by atoms with E-state index in [-0.39, 0.29) is 47.3 Å². The Labute approximate surface area is 200 Å². The number of esters is 1. The van der Waals surface area contributed by atoms with Crippen LogP contribution in [0.25, 0.3) is 0 Å². The van der Waals surface area contributed by atoms with Crippen LogP contribution in [0.15, 0.2) is 23.2 Å². The molecule has 34 heavy (non-hydrogen) atoms. The van der Waals surface area contributed by atoms with Crippen molar-refractivity contribution >= 4 is 17.5 Å². The van der Waals surface area contributed by atoms with Crippen molar-refractivity contribution in [3.8, 4) is 0 Å². The normalized spacial score (nSPS) is 42.5. The highest BCUT2D eigenvalue weighted by Gasteiger charge is 2.65. The zero-order valence-electron chi connectivity index (χ0n) is 20.6. The fourth-order valence-electron chi connectivity index (χ4n) is 8.18. The third-order valence-electron chi connectivity index (χ3n) is 9.57. The Morgan fingerprint density at radius 3 is 2.68 bits per heavy atom. The molecule has 7 nitrogen and oxygen atoms in total. The van der Waals surface area contributed by atoms with Crippen LogP contribution in [0.2, 0.25) is 0 Å². The Hall–Kier alpha value is -2.15. The highest BCUT2D eigenvalue weighted by atomic mass is 16.7. The first-order chi connectivity index (χ1) is 16.1. The van der Waals surface area contributed by atoms with Crippen LogP contribution in [-0.4, -0.2) is 41.6 Å². The van der Waals surface area contributed by atoms with Gasteiger partial charge in [-0.15, -0.1) is 0 Å². The average molecular weight is 473 g/mol. The first kappa shape index (κ1) is 23.6. The molecule has 0 aromatic carbocycles. The number of carbonyl (C=O) groups is 3. The van der Waals surface area contributed by atoms with E-state index in [1.54, 1.807) is 6.08 Å². The number of hydrogen-bond donors (Lipinski definition) is 1. The number of rotatable bonds is 5. The van der Waals surface area contributed by atoms with Gasteiger partial charge in [-0.1, -0.05) is 19.4 Å². The Morgan fingerprint density at radius 1 is 1.21 bits per heavy atom. The van der Waals surface area contributed by atoms with Gasteiger partial charge in [-0.2, -0.15) is 0 Å². The maximum Gasteiger partial charge on any atom is 0.303 e. The molecule has 186 valence electrons. The summed E-state index contributed by atoms with van der Waals surface area (Å²) in [4.78, 5) is 37.1. The first-order valence-electron chi connectivity index (χ1n) is 12.8. The number of aliphatic hydroxyl groups excluding tert-OH is 1. The smallest absolute Gasteiger partial charge is 0.303 e. The lowest BCUT2D eigenvalue weighted by Crippen LogP contribution is -2.57. The number of allylic oxidation sites excluding steroid dienone is 2. The van der Waals surface area contributed by atoms with Gasteiger partial charge >= 0.3 is 5.97 Å². The third kappa shape index (κ3) is 3.29. The number of hydrogen-bond acceptors (Lipinski definition) is 7. The van der Waals surface area contributed by atoms with E-state index in [0.29, 0.717) is 24.4 Å². The van der Waals surface area contributed by atoms with Crippen LogP contribution in [0.4, 0.5) is 0 Å². The predicted molar refractivity (Wildman–Crippen MR) is 122 cm³/mol. The van der Waals surface area contributed by atoms with Gasteiger partial charge in [0.05, 0.1) is 11.5 Å². The maximum atomic E-state index is 13.0. The van der Waals surface area contributed by atoms with E-state index in [0.717, 1.165) is 37.7 Å². The van der Waals surface area contributed by atoms with E-state index in [4.69, 9.17) is 14.2 Å². The van der Waals surface area contributed by atoms with E-state index < -0.39 is 23.8 Å². The molecule has 7 heteroatoms. The summed E-state index contributed by atoms with van der Waals surface area (Å²) in [6.07, 6.45) is 6.03. The number of aliphatic hydroxyl groups is 1. The van der Waals surface area contributed by atoms with Crippen LogP contribution < -0.4 is 0 Å². The number of ether oxygens (including phenoxy) is 3. The summed E-state index contributed by atoms with van der Waals surface area (Å²) in [6.45, 7) is 7.42. The maximum absolute atomic E-state index is 13.0. The summed E-state index contributed by atoms with van der Waals surface area (Å²) in [5.74, 6) is 0.447. The molecule has 0 radical (unpaired) electrons. The molecular weight excluding hydrogens is 436 g/mol. The zero-order valence-corrected chi connectivity index (χ0v) is 20.6. The molecule has 4 aliphatic carbocycles. The molecule has 0 amide bonds. The van der Waals surface area contributed by atoms with Crippen LogP contribution >= 0.6 is 0 Å². The van der Waals surface area contributed by atoms with E-state index in [1.165, 1.54) is 6.92 Å². The molecule has 1 unspecified atom stereocenters. The summed E-state index contributed by atoms with van der Waals surface area (Å²) < 4.78 is 17.2. The molecule has 5 aliphatic rings. The Kier molecular flexibility index (Phi) is 5.70. The van der Waals surface area contributed by atoms with E-state index in [9.17, 15) is 19.5 Å². The van der Waals surface area contributed by atoms with Gasteiger partial charge < -0.3 is 19.3 Å². The van der Waals surface area contributed by atoms with Gasteiger partial charge in [-0.05, 0) is 68.8 Å². The van der Waals surface area contributed by atoms with E-state index in [1.807, 2.05) is 0 Å². The van der Waals surface area contributed by atoms with Gasteiger partial charge in [0.1, 0.15) is 6.61 Å². The van der Waals surface area contributed by atoms with E-state index in [2.05, 4.69) is 20.8 Å². The van der Waals surface area contributed by atoms with Crippen LogP contribution in [0.5, 0.6) is 0 Å². The molecule has 1 aliphatic heterocycles. The zero-order chi connectivity index (χ0) is 24.4. The first-order valence-corrected chi connectivity index (χ1v) is 12.8. The van der Waals surface area contributed by atoms with Crippen molar-refractivity contribution in [3.05, 3.63) is 23.2 Å². The number of carbonyl (C=O) groups excluding carboxylic acids is 3. The third-order valence-corrected chi connectivity index (χ3v) is 9.57. The van der Waals surface area contributed by atoms with Crippen molar-refractivity contribution in [3.63, 3.8) is 0 Å². The Bertz CT molecular complexity index is 979. The molecule has 0 spiro atoms. The van der Waals surface area contributed by atoms with Crippen molar-refractivity contribution < 1.29 is 33.7 Å². The molecule has 5 rings (SSSR count). The van der Waals surface area contributed by atoms with Gasteiger partial charge in [0.15, 0.2) is 11.5 Å². The molecule has 0 saturated heterocycles. The lowest BCUT2D eigenvalue weighted by atomic mass is 9.46. The van der Waals surface area contributed by atoms with Crippen LogP contribution in [0.3, 0.4) is 0 Å². The molecule has 3 fully saturated rings. The van der Waals surface area contributed by atoms with Crippen LogP contribution in [0, 0.1) is 34.5 Å². The average Bonchev–Trinajstić information content (AvgIpc) is 3.35. The summed E-state index contributed by atoms with van der Waals surface area (Å²) in [5, 5.41) is 11.7. The lowest BCUT2D eigenvalue weighted by molar-refractivity contribution is -0.154. The topological polar surface area (TPSA) is 99.1 Å². The molecule has 3 saturated carbocycles. The summed E-state index contributed by atoms with van der Waals surface area (Å²) in [6, 6.07) is 0. The van der Waals surface area contributed by atoms with Crippen molar-refractivity contribution in [2.45, 2.75) is 85.0 Å². The second kappa shape index (κ2) is 8.21. The Balaban J connectivity index is 1.46. The fraction of sp³-hybridized carbons (Fsp3) is 0.741. The lowest BCUT2D eigenvalue weighted by Gasteiger charge is -2.59. The number of fused-ring (bicyclic) bond motifs is 6. The second-order valence-corrected chi connectivity index (χ2v) is 11.3. The second-order valence-electron chi connectivity index (χ2n) is 11.3. The summed E-state index contributed by atoms with van der Waals surface area (Å²) >= 11 is 0. The fourth-order valence-corrected chi connectivity index (χ4v) is 8.18. The van der Waals surface area contributed by atoms with Crippen LogP contribution in [0.1, 0.15) is 72.6 Å². The molecule has 1 N–H and O–H groups in total. The number of Topliss-reactive ketones (excluding diaryl/α,β-unsaturated/α-hetero) is 1. The molecule has 8 atom stereocenters. The SMILES string of the molecule is CCCC1OC2=C(O1)[C@@]1(C)C(=CC2=O)CC[C@@H]2[C@@H]1[C@@H](O)C[C@]1(C)[C@@H](C(=O)COC(C)=O)CC[C@@H]21. The minimum Gasteiger partial charge on any atom is -0.458 e. The monoisotopic (exact) mass is 472 g/mol. The van der Waals surface area contributed by atoms with Crippen molar-refractivity contribution in [2.24, 2.45) is 34.5 Å². The van der Waals surface area contributed by atoms with Gasteiger partial charge in [-0.25, -0.2) is 0 Å². The largest absolute Gasteiger partial charge is 0.458 e. The van der Waals surface area contributed by atoms with Gasteiger partial charge in [-0.3, -0.25) is 14.4 Å². The molecule has 0 aromatic heterocycles. The quantitative estimate of drug-likeness (QED) is 0.607. The summed E-state index contributed by atoms with van der Waals surface area (Å²) in [5.41, 5.74) is 0.103. The highest BCUT2D eigenvalue weighted by Crippen LogP contribution is 2.68. The minimum atomic E-state index is -0.641. The molecule has 1 heterocycles. The molecule has 0 bridgehead atoms. The Morgan fingerprint density at radius 2 is 1.97 bits per heavy atom. The van der Waals surface area contributed by atoms with Gasteiger partial charge in [0, 0.05) is 25.2 Å². The van der Waals surface area contributed by atoms with E-state index >= 15 is 0 Å². The predicted octanol–water partition coefficient (Wildman–Crippen LogP) is 3.84. The molecular formula is C27H36O7. The van der Waals surface area contributed by atoms with Crippen molar-refractivity contribution in [1.82, 2.24) is 0 Å². The summed E-state index contributed by atoms with van der Waals surface area (Å²) in [7, 11) is 0. The number of ketones is 2. The minimum absolute atomic E-state index is 0.0448. The molecule has 0 aromatic rings. The standard InChI is InChI=1S/C27H36O7/c1-5-6-22-33-24-19(29)11-15-7-8-16-17-9-10-18(21(31)13-32-14(2)28)26(17,3)12-20(30)23(16)27(15,4)25(24)34-22/h11,16-18,20,22-23,30H,5-10,12-13H2,1-4H3/t16-,17-,18+,20-,22?,23+,26-,27-/m0/s1. The van der Waals surface area contributed by atoms with Crippen molar-refractivity contribution in [2.75, 3.05) is 6.61 Å². The van der Waals surface area contributed by atoms with Gasteiger partial charge in [0.2, 0.25) is 17.8 Å². The van der Waals surface area contributed by atoms with Crippen molar-refractivity contribution in [1.29, 1.82) is 0 Å². The van der Waals surface area contributed by atoms with Gasteiger partial charge in [0.25, 0.3) is 0 Å².